The third kappa shape index (κ3) is 3.80. The van der Waals surface area contributed by atoms with E-state index in [4.69, 9.17) is 9.15 Å². The van der Waals surface area contributed by atoms with Crippen LogP contribution in [-0.2, 0) is 4.74 Å². The highest BCUT2D eigenvalue weighted by Gasteiger charge is 2.18. The summed E-state index contributed by atoms with van der Waals surface area (Å²) >= 11 is 3.15. The first kappa shape index (κ1) is 15.8. The molecule has 6 nitrogen and oxygen atoms in total. The van der Waals surface area contributed by atoms with E-state index in [2.05, 4.69) is 21.2 Å². The minimum atomic E-state index is -0.344. The third-order valence-corrected chi connectivity index (χ3v) is 3.91. The van der Waals surface area contributed by atoms with Gasteiger partial charge in [0.1, 0.15) is 0 Å². The average Bonchev–Trinajstić information content (AvgIpc) is 3.02. The molecular weight excluding hydrogens is 364 g/mol. The van der Waals surface area contributed by atoms with Crippen LogP contribution in [0, 0.1) is 0 Å². The smallest absolute Gasteiger partial charge is 0.291 e. The van der Waals surface area contributed by atoms with E-state index in [9.17, 15) is 9.59 Å². The SMILES string of the molecule is O=C(Nc1ccc(C(=O)N2CCOCC2)cc1)c1ccc(Br)o1. The quantitative estimate of drug-likeness (QED) is 0.890. The number of carbonyl (C=O) groups is 2. The van der Waals surface area contributed by atoms with E-state index in [1.54, 1.807) is 41.3 Å². The van der Waals surface area contributed by atoms with Crippen LogP contribution in [0.5, 0.6) is 0 Å². The lowest BCUT2D eigenvalue weighted by Gasteiger charge is -2.26. The van der Waals surface area contributed by atoms with Gasteiger partial charge in [0.2, 0.25) is 0 Å². The Morgan fingerprint density at radius 1 is 1.04 bits per heavy atom. The van der Waals surface area contributed by atoms with Crippen molar-refractivity contribution in [3.05, 3.63) is 52.4 Å². The van der Waals surface area contributed by atoms with Gasteiger partial charge in [-0.3, -0.25) is 9.59 Å². The van der Waals surface area contributed by atoms with E-state index >= 15 is 0 Å². The summed E-state index contributed by atoms with van der Waals surface area (Å²) in [5, 5.41) is 2.72. The number of nitrogens with zero attached hydrogens (tertiary/aromatic N) is 1. The molecule has 0 radical (unpaired) electrons. The number of morpholine rings is 1. The maximum absolute atomic E-state index is 12.3. The fourth-order valence-electron chi connectivity index (χ4n) is 2.27. The number of rotatable bonds is 3. The Bertz CT molecular complexity index is 705. The minimum Gasteiger partial charge on any atom is -0.444 e. The van der Waals surface area contributed by atoms with Crippen molar-refractivity contribution in [2.24, 2.45) is 0 Å². The summed E-state index contributed by atoms with van der Waals surface area (Å²) in [4.78, 5) is 26.1. The van der Waals surface area contributed by atoms with Gasteiger partial charge in [-0.1, -0.05) is 0 Å². The highest BCUT2D eigenvalue weighted by molar-refractivity contribution is 9.10. The van der Waals surface area contributed by atoms with E-state index in [-0.39, 0.29) is 17.6 Å². The molecule has 1 aliphatic rings. The van der Waals surface area contributed by atoms with Crippen molar-refractivity contribution in [3.63, 3.8) is 0 Å². The van der Waals surface area contributed by atoms with Gasteiger partial charge in [-0.15, -0.1) is 0 Å². The van der Waals surface area contributed by atoms with Gasteiger partial charge in [0.25, 0.3) is 11.8 Å². The van der Waals surface area contributed by atoms with Crippen molar-refractivity contribution in [2.45, 2.75) is 0 Å². The first-order chi connectivity index (χ1) is 11.1. The predicted octanol–water partition coefficient (Wildman–Crippen LogP) is 2.77. The largest absolute Gasteiger partial charge is 0.444 e. The molecule has 0 saturated carbocycles. The first-order valence-electron chi connectivity index (χ1n) is 7.17. The Kier molecular flexibility index (Phi) is 4.78. The zero-order chi connectivity index (χ0) is 16.2. The van der Waals surface area contributed by atoms with E-state index in [0.717, 1.165) is 0 Å². The molecule has 1 aliphatic heterocycles. The number of ether oxygens (including phenoxy) is 1. The van der Waals surface area contributed by atoms with Gasteiger partial charge in [-0.25, -0.2) is 0 Å². The molecule has 3 rings (SSSR count). The summed E-state index contributed by atoms with van der Waals surface area (Å²) in [6, 6.07) is 10.0. The topological polar surface area (TPSA) is 71.8 Å². The molecule has 1 fully saturated rings. The van der Waals surface area contributed by atoms with Crippen LogP contribution >= 0.6 is 15.9 Å². The second kappa shape index (κ2) is 6.97. The molecule has 23 heavy (non-hydrogen) atoms. The van der Waals surface area contributed by atoms with Crippen LogP contribution in [0.1, 0.15) is 20.9 Å². The molecule has 1 saturated heterocycles. The number of furan rings is 1. The standard InChI is InChI=1S/C16H15BrN2O4/c17-14-6-5-13(23-14)15(20)18-12-3-1-11(2-4-12)16(21)19-7-9-22-10-8-19/h1-6H,7-10H2,(H,18,20). The lowest BCUT2D eigenvalue weighted by molar-refractivity contribution is 0.0303. The maximum Gasteiger partial charge on any atom is 0.291 e. The Morgan fingerprint density at radius 3 is 2.35 bits per heavy atom. The zero-order valence-corrected chi connectivity index (χ0v) is 13.8. The van der Waals surface area contributed by atoms with Crippen molar-refractivity contribution in [2.75, 3.05) is 31.6 Å². The molecule has 7 heteroatoms. The van der Waals surface area contributed by atoms with Gasteiger partial charge in [0, 0.05) is 24.3 Å². The highest BCUT2D eigenvalue weighted by atomic mass is 79.9. The second-order valence-corrected chi connectivity index (χ2v) is 5.82. The van der Waals surface area contributed by atoms with Gasteiger partial charge >= 0.3 is 0 Å². The van der Waals surface area contributed by atoms with Gasteiger partial charge in [0.15, 0.2) is 10.4 Å². The van der Waals surface area contributed by atoms with Gasteiger partial charge < -0.3 is 19.4 Å². The zero-order valence-electron chi connectivity index (χ0n) is 12.3. The molecule has 0 spiro atoms. The number of amides is 2. The minimum absolute atomic E-state index is 0.0267. The molecule has 0 atom stereocenters. The summed E-state index contributed by atoms with van der Waals surface area (Å²) in [5.41, 5.74) is 1.19. The molecule has 1 aromatic carbocycles. The lowest BCUT2D eigenvalue weighted by Crippen LogP contribution is -2.40. The van der Waals surface area contributed by atoms with Gasteiger partial charge in [0.05, 0.1) is 13.2 Å². The number of carbonyl (C=O) groups excluding carboxylic acids is 2. The van der Waals surface area contributed by atoms with Gasteiger partial charge in [-0.05, 0) is 52.3 Å². The monoisotopic (exact) mass is 378 g/mol. The molecule has 1 aromatic heterocycles. The molecule has 0 unspecified atom stereocenters. The summed E-state index contributed by atoms with van der Waals surface area (Å²) < 4.78 is 10.9. The molecule has 2 amide bonds. The predicted molar refractivity (Wildman–Crippen MR) is 87.5 cm³/mol. The van der Waals surface area contributed by atoms with E-state index in [1.165, 1.54) is 0 Å². The molecule has 2 aromatic rings. The maximum atomic E-state index is 12.3. The van der Waals surface area contributed by atoms with E-state index < -0.39 is 0 Å². The summed E-state index contributed by atoms with van der Waals surface area (Å²) in [6.45, 7) is 2.34. The molecule has 0 aliphatic carbocycles. The fourth-order valence-corrected chi connectivity index (χ4v) is 2.58. The average molecular weight is 379 g/mol. The van der Waals surface area contributed by atoms with Crippen LogP contribution in [0.2, 0.25) is 0 Å². The van der Waals surface area contributed by atoms with Crippen LogP contribution in [0.3, 0.4) is 0 Å². The van der Waals surface area contributed by atoms with Crippen molar-refractivity contribution in [1.82, 2.24) is 4.90 Å². The van der Waals surface area contributed by atoms with Crippen molar-refractivity contribution < 1.29 is 18.7 Å². The first-order valence-corrected chi connectivity index (χ1v) is 7.96. The van der Waals surface area contributed by atoms with Crippen molar-refractivity contribution in [3.8, 4) is 0 Å². The number of benzene rings is 1. The number of halogens is 1. The molecule has 2 heterocycles. The van der Waals surface area contributed by atoms with Crippen molar-refractivity contribution in [1.29, 1.82) is 0 Å². The third-order valence-electron chi connectivity index (χ3n) is 3.49. The molecule has 120 valence electrons. The summed E-state index contributed by atoms with van der Waals surface area (Å²) in [6.07, 6.45) is 0. The van der Waals surface area contributed by atoms with Crippen LogP contribution in [0.15, 0.2) is 45.5 Å². The number of hydrogen-bond acceptors (Lipinski definition) is 4. The van der Waals surface area contributed by atoms with Crippen LogP contribution in [0.4, 0.5) is 5.69 Å². The number of hydrogen-bond donors (Lipinski definition) is 1. The molecule has 0 bridgehead atoms. The molecule has 1 N–H and O–H groups in total. The second-order valence-electron chi connectivity index (χ2n) is 5.04. The van der Waals surface area contributed by atoms with Gasteiger partial charge in [-0.2, -0.15) is 0 Å². The lowest BCUT2D eigenvalue weighted by atomic mass is 10.1. The Labute approximate surface area is 141 Å². The van der Waals surface area contributed by atoms with E-state index in [1.807, 2.05) is 0 Å². The van der Waals surface area contributed by atoms with Crippen molar-refractivity contribution >= 4 is 33.4 Å². The summed E-state index contributed by atoms with van der Waals surface area (Å²) in [7, 11) is 0. The van der Waals surface area contributed by atoms with Crippen LogP contribution in [-0.4, -0.2) is 43.0 Å². The van der Waals surface area contributed by atoms with Crippen LogP contribution in [0.25, 0.3) is 0 Å². The number of anilines is 1. The van der Waals surface area contributed by atoms with Crippen LogP contribution < -0.4 is 5.32 Å². The highest BCUT2D eigenvalue weighted by Crippen LogP contribution is 2.17. The Hall–Kier alpha value is -2.12. The molecular formula is C16H15BrN2O4. The Morgan fingerprint density at radius 2 is 1.74 bits per heavy atom. The summed E-state index contributed by atoms with van der Waals surface area (Å²) in [5.74, 6) is -0.158. The number of nitrogens with one attached hydrogen (secondary N) is 1. The Balaban J connectivity index is 1.64. The van der Waals surface area contributed by atoms with E-state index in [0.29, 0.717) is 42.2 Å². The normalized spacial score (nSPS) is 14.6. The fraction of sp³-hybridized carbons (Fsp3) is 0.250.